The molecule has 0 spiro atoms. The monoisotopic (exact) mass is 513 g/mol. The van der Waals surface area contributed by atoms with Crippen LogP contribution in [0.3, 0.4) is 0 Å². The van der Waals surface area contributed by atoms with E-state index >= 15 is 0 Å². The third-order valence-corrected chi connectivity index (χ3v) is 6.81. The summed E-state index contributed by atoms with van der Waals surface area (Å²) in [6, 6.07) is 13.0. The van der Waals surface area contributed by atoms with E-state index in [0.717, 1.165) is 30.6 Å². The van der Waals surface area contributed by atoms with Gasteiger partial charge in [-0.1, -0.05) is 17.7 Å². The van der Waals surface area contributed by atoms with Crippen molar-refractivity contribution in [3.63, 3.8) is 0 Å². The molecule has 5 rings (SSSR count). The first-order chi connectivity index (χ1) is 17.8. The molecule has 1 aliphatic rings. The summed E-state index contributed by atoms with van der Waals surface area (Å²) in [6.07, 6.45) is 4.53. The number of carboxylic acids is 1. The average molecular weight is 514 g/mol. The first-order valence-electron chi connectivity index (χ1n) is 11.9. The molecular weight excluding hydrogens is 490 g/mol. The second kappa shape index (κ2) is 9.99. The Morgan fingerprint density at radius 3 is 2.73 bits per heavy atom. The summed E-state index contributed by atoms with van der Waals surface area (Å²) in [6.45, 7) is 5.36. The Morgan fingerprint density at radius 2 is 2.00 bits per heavy atom. The topological polar surface area (TPSA) is 128 Å². The van der Waals surface area contributed by atoms with Crippen molar-refractivity contribution in [2.75, 3.05) is 23.3 Å². The molecule has 1 aliphatic heterocycles. The number of aromatic carboxylic acids is 1. The highest BCUT2D eigenvalue weighted by molar-refractivity contribution is 6.29. The molecule has 4 aromatic rings. The zero-order chi connectivity index (χ0) is 26.1. The predicted molar refractivity (Wildman–Crippen MR) is 141 cm³/mol. The molecule has 0 amide bonds. The van der Waals surface area contributed by atoms with Crippen LogP contribution in [0.1, 0.15) is 58.2 Å². The highest BCUT2D eigenvalue weighted by Crippen LogP contribution is 2.34. The molecule has 3 aromatic heterocycles. The van der Waals surface area contributed by atoms with Crippen molar-refractivity contribution in [2.24, 2.45) is 0 Å². The minimum atomic E-state index is -1.18. The van der Waals surface area contributed by atoms with E-state index in [-0.39, 0.29) is 22.6 Å². The van der Waals surface area contributed by atoms with Crippen LogP contribution in [0.4, 0.5) is 11.5 Å². The molecule has 1 fully saturated rings. The summed E-state index contributed by atoms with van der Waals surface area (Å²) in [5.41, 5.74) is 4.75. The molecule has 1 aromatic carbocycles. The lowest BCUT2D eigenvalue weighted by Crippen LogP contribution is -2.22. The number of rotatable bonds is 6. The quantitative estimate of drug-likeness (QED) is 0.337. The van der Waals surface area contributed by atoms with E-state index < -0.39 is 5.97 Å². The molecule has 4 heterocycles. The van der Waals surface area contributed by atoms with Crippen LogP contribution >= 0.6 is 11.6 Å². The number of nitrogens with one attached hydrogen (secondary N) is 1. The minimum absolute atomic E-state index is 0.104. The van der Waals surface area contributed by atoms with E-state index in [4.69, 9.17) is 16.6 Å². The van der Waals surface area contributed by atoms with Crippen molar-refractivity contribution in [2.45, 2.75) is 32.2 Å². The number of aromatic nitrogens is 4. The van der Waals surface area contributed by atoms with Crippen molar-refractivity contribution in [1.82, 2.24) is 19.9 Å². The highest BCUT2D eigenvalue weighted by Gasteiger charge is 2.28. The number of benzene rings is 1. The van der Waals surface area contributed by atoms with Gasteiger partial charge in [0.1, 0.15) is 11.2 Å². The number of halogens is 1. The van der Waals surface area contributed by atoms with Gasteiger partial charge in [0.25, 0.3) is 0 Å². The standard InChI is InChI=1S/C27H24ClN7O2/c1-15-11-19(16(2)31-20-3-4-23(28)33-25(20)27(36)37)24-21(12-15)32-22(13-29)26(34-24)35-10-7-18(14-35)17-5-8-30-9-6-17/h3-6,8-9,11-12,16,18,31H,7,10,14H2,1-2H3,(H,36,37)/t16-,18?/m1/s1. The summed E-state index contributed by atoms with van der Waals surface area (Å²) in [7, 11) is 0. The number of nitrogens with zero attached hydrogens (tertiary/aromatic N) is 6. The zero-order valence-corrected chi connectivity index (χ0v) is 21.1. The molecule has 186 valence electrons. The second-order valence-electron chi connectivity index (χ2n) is 9.14. The maximum absolute atomic E-state index is 11.7. The fraction of sp³-hybridized carbons (Fsp3) is 0.259. The van der Waals surface area contributed by atoms with Crippen LogP contribution in [-0.2, 0) is 0 Å². The Balaban J connectivity index is 1.53. The average Bonchev–Trinajstić information content (AvgIpc) is 3.39. The van der Waals surface area contributed by atoms with Gasteiger partial charge in [0.15, 0.2) is 17.2 Å². The number of hydrogen-bond acceptors (Lipinski definition) is 8. The van der Waals surface area contributed by atoms with Gasteiger partial charge in [-0.2, -0.15) is 5.26 Å². The first-order valence-corrected chi connectivity index (χ1v) is 12.3. The number of hydrogen-bond donors (Lipinski definition) is 2. The number of anilines is 2. The van der Waals surface area contributed by atoms with Crippen LogP contribution in [0.5, 0.6) is 0 Å². The van der Waals surface area contributed by atoms with Gasteiger partial charge in [0.2, 0.25) is 0 Å². The number of carbonyl (C=O) groups is 1. The zero-order valence-electron chi connectivity index (χ0n) is 20.3. The molecule has 9 nitrogen and oxygen atoms in total. The van der Waals surface area contributed by atoms with E-state index in [9.17, 15) is 15.2 Å². The summed E-state index contributed by atoms with van der Waals surface area (Å²) in [5, 5.41) is 22.8. The summed E-state index contributed by atoms with van der Waals surface area (Å²) < 4.78 is 0. The van der Waals surface area contributed by atoms with Gasteiger partial charge in [0, 0.05) is 37.0 Å². The van der Waals surface area contributed by atoms with Crippen molar-refractivity contribution >= 4 is 40.1 Å². The number of aryl methyl sites for hydroxylation is 1. The number of fused-ring (bicyclic) bond motifs is 1. The molecular formula is C27H24ClN7O2. The molecule has 1 unspecified atom stereocenters. The normalized spacial score (nSPS) is 15.9. The maximum atomic E-state index is 11.7. The Kier molecular flexibility index (Phi) is 6.59. The second-order valence-corrected chi connectivity index (χ2v) is 9.53. The Hall–Kier alpha value is -4.29. The third-order valence-electron chi connectivity index (χ3n) is 6.60. The van der Waals surface area contributed by atoms with Gasteiger partial charge >= 0.3 is 5.97 Å². The molecule has 10 heteroatoms. The fourth-order valence-electron chi connectivity index (χ4n) is 4.84. The Morgan fingerprint density at radius 1 is 1.22 bits per heavy atom. The Labute approximate surface area is 218 Å². The van der Waals surface area contributed by atoms with Gasteiger partial charge < -0.3 is 15.3 Å². The molecule has 2 atom stereocenters. The molecule has 1 saturated heterocycles. The van der Waals surface area contributed by atoms with Crippen LogP contribution in [0.2, 0.25) is 5.15 Å². The minimum Gasteiger partial charge on any atom is -0.476 e. The van der Waals surface area contributed by atoms with Crippen LogP contribution in [0.15, 0.2) is 48.8 Å². The molecule has 2 N–H and O–H groups in total. The predicted octanol–water partition coefficient (Wildman–Crippen LogP) is 5.12. The number of nitriles is 1. The van der Waals surface area contributed by atoms with E-state index in [2.05, 4.69) is 31.2 Å². The first kappa shape index (κ1) is 24.4. The van der Waals surface area contributed by atoms with E-state index in [1.54, 1.807) is 24.5 Å². The summed E-state index contributed by atoms with van der Waals surface area (Å²) in [5.74, 6) is -0.301. The molecule has 0 radical (unpaired) electrons. The van der Waals surface area contributed by atoms with Crippen molar-refractivity contribution in [3.8, 4) is 6.07 Å². The van der Waals surface area contributed by atoms with Gasteiger partial charge in [-0.05, 0) is 61.7 Å². The number of carboxylic acid groups (broad SMARTS) is 1. The lowest BCUT2D eigenvalue weighted by molar-refractivity contribution is 0.0691. The summed E-state index contributed by atoms with van der Waals surface area (Å²) >= 11 is 5.92. The molecule has 0 bridgehead atoms. The van der Waals surface area contributed by atoms with Crippen LogP contribution in [0, 0.1) is 18.3 Å². The van der Waals surface area contributed by atoms with Gasteiger partial charge in [-0.25, -0.2) is 19.7 Å². The smallest absolute Gasteiger partial charge is 0.356 e. The lowest BCUT2D eigenvalue weighted by atomic mass is 10.00. The maximum Gasteiger partial charge on any atom is 0.356 e. The highest BCUT2D eigenvalue weighted by atomic mass is 35.5. The Bertz CT molecular complexity index is 1540. The molecule has 0 saturated carbocycles. The van der Waals surface area contributed by atoms with Crippen molar-refractivity contribution in [3.05, 3.63) is 82.0 Å². The van der Waals surface area contributed by atoms with E-state index in [0.29, 0.717) is 28.5 Å². The largest absolute Gasteiger partial charge is 0.476 e. The SMILES string of the molecule is Cc1cc([C@@H](C)Nc2ccc(Cl)nc2C(=O)O)c2nc(N3CCC(c4ccncc4)C3)c(C#N)nc2c1. The summed E-state index contributed by atoms with van der Waals surface area (Å²) in [4.78, 5) is 31.5. The molecule has 0 aliphatic carbocycles. The van der Waals surface area contributed by atoms with Crippen LogP contribution in [0.25, 0.3) is 11.0 Å². The fourth-order valence-corrected chi connectivity index (χ4v) is 4.98. The third kappa shape index (κ3) is 4.88. The van der Waals surface area contributed by atoms with Gasteiger partial charge in [-0.15, -0.1) is 0 Å². The molecule has 37 heavy (non-hydrogen) atoms. The van der Waals surface area contributed by atoms with Gasteiger partial charge in [0.05, 0.1) is 22.8 Å². The van der Waals surface area contributed by atoms with E-state index in [1.807, 2.05) is 38.1 Å². The van der Waals surface area contributed by atoms with Crippen molar-refractivity contribution in [1.29, 1.82) is 5.26 Å². The van der Waals surface area contributed by atoms with Crippen molar-refractivity contribution < 1.29 is 9.90 Å². The lowest BCUT2D eigenvalue weighted by Gasteiger charge is -2.22. The van der Waals surface area contributed by atoms with Gasteiger partial charge in [-0.3, -0.25) is 4.98 Å². The van der Waals surface area contributed by atoms with Crippen LogP contribution < -0.4 is 10.2 Å². The number of pyridine rings is 2. The van der Waals surface area contributed by atoms with E-state index in [1.165, 1.54) is 5.56 Å². The van der Waals surface area contributed by atoms with Crippen LogP contribution in [-0.4, -0.2) is 44.1 Å².